The molecule has 1 amide bonds. The number of nitrogens with zero attached hydrogens (tertiary/aromatic N) is 1. The van der Waals surface area contributed by atoms with Gasteiger partial charge in [-0.1, -0.05) is 25.1 Å². The number of hydrogen-bond acceptors (Lipinski definition) is 5. The summed E-state index contributed by atoms with van der Waals surface area (Å²) in [4.78, 5) is 18.6. The normalized spacial score (nSPS) is 11.8. The SMILES string of the molecule is CCc1cc([C@@H](Nc2cc(C)ccn2)c2ccsc2)c(NC(=O)c2ccccc2)s1. The molecule has 30 heavy (non-hydrogen) atoms. The first-order chi connectivity index (χ1) is 14.6. The van der Waals surface area contributed by atoms with Crippen LogP contribution in [0.25, 0.3) is 0 Å². The van der Waals surface area contributed by atoms with E-state index in [-0.39, 0.29) is 11.9 Å². The lowest BCUT2D eigenvalue weighted by atomic mass is 10.0. The summed E-state index contributed by atoms with van der Waals surface area (Å²) in [6.45, 7) is 4.19. The number of rotatable bonds is 7. The number of hydrogen-bond donors (Lipinski definition) is 2. The minimum atomic E-state index is -0.104. The van der Waals surface area contributed by atoms with E-state index in [1.165, 1.54) is 4.88 Å². The van der Waals surface area contributed by atoms with E-state index in [1.54, 1.807) is 22.7 Å². The Hall–Kier alpha value is -2.96. The van der Waals surface area contributed by atoms with Crippen LogP contribution >= 0.6 is 22.7 Å². The summed E-state index contributed by atoms with van der Waals surface area (Å²) in [7, 11) is 0. The van der Waals surface area contributed by atoms with Crippen LogP contribution in [0.1, 0.15) is 44.9 Å². The van der Waals surface area contributed by atoms with Crippen molar-refractivity contribution in [1.29, 1.82) is 0 Å². The van der Waals surface area contributed by atoms with Crippen molar-refractivity contribution < 1.29 is 4.79 Å². The van der Waals surface area contributed by atoms with Crippen LogP contribution in [0.15, 0.2) is 71.6 Å². The number of aryl methyl sites for hydroxylation is 2. The van der Waals surface area contributed by atoms with Gasteiger partial charge in [0.25, 0.3) is 5.91 Å². The van der Waals surface area contributed by atoms with E-state index in [0.29, 0.717) is 5.56 Å². The first kappa shape index (κ1) is 20.3. The summed E-state index contributed by atoms with van der Waals surface area (Å²) in [5, 5.41) is 11.8. The summed E-state index contributed by atoms with van der Waals surface area (Å²) in [6.07, 6.45) is 2.73. The van der Waals surface area contributed by atoms with Crippen molar-refractivity contribution in [2.75, 3.05) is 10.6 Å². The zero-order valence-corrected chi connectivity index (χ0v) is 18.5. The van der Waals surface area contributed by atoms with Gasteiger partial charge in [-0.3, -0.25) is 4.79 Å². The van der Waals surface area contributed by atoms with E-state index in [9.17, 15) is 4.79 Å². The van der Waals surface area contributed by atoms with Crippen LogP contribution in [0.4, 0.5) is 10.8 Å². The standard InChI is InChI=1S/C24H23N3OS2/c1-3-19-14-20(24(30-19)27-23(28)17-7-5-4-6-8-17)22(18-10-12-29-15-18)26-21-13-16(2)9-11-25-21/h4-15,22H,3H2,1-2H3,(H,25,26)(H,27,28)/t22-/m0/s1. The van der Waals surface area contributed by atoms with E-state index >= 15 is 0 Å². The Morgan fingerprint density at radius 3 is 2.67 bits per heavy atom. The average molecular weight is 434 g/mol. The molecule has 0 saturated carbocycles. The third-order valence-corrected chi connectivity index (χ3v) is 6.73. The number of thiophene rings is 2. The zero-order chi connectivity index (χ0) is 20.9. The van der Waals surface area contributed by atoms with Crippen LogP contribution in [-0.2, 0) is 6.42 Å². The molecular weight excluding hydrogens is 410 g/mol. The second kappa shape index (κ2) is 9.24. The van der Waals surface area contributed by atoms with Crippen molar-refractivity contribution in [3.05, 3.63) is 98.7 Å². The topological polar surface area (TPSA) is 54.0 Å². The fourth-order valence-electron chi connectivity index (χ4n) is 3.25. The minimum Gasteiger partial charge on any atom is -0.359 e. The van der Waals surface area contributed by atoms with Gasteiger partial charge in [-0.2, -0.15) is 11.3 Å². The van der Waals surface area contributed by atoms with E-state index in [4.69, 9.17) is 0 Å². The molecule has 0 bridgehead atoms. The molecule has 6 heteroatoms. The zero-order valence-electron chi connectivity index (χ0n) is 16.9. The summed E-state index contributed by atoms with van der Waals surface area (Å²) >= 11 is 3.29. The number of anilines is 2. The Morgan fingerprint density at radius 2 is 1.97 bits per heavy atom. The maximum Gasteiger partial charge on any atom is 0.256 e. The molecule has 0 radical (unpaired) electrons. The van der Waals surface area contributed by atoms with Gasteiger partial charge in [0.05, 0.1) is 6.04 Å². The Balaban J connectivity index is 1.71. The molecule has 0 spiro atoms. The van der Waals surface area contributed by atoms with E-state index < -0.39 is 0 Å². The fraction of sp³-hybridized carbons (Fsp3) is 0.167. The number of aromatic nitrogens is 1. The smallest absolute Gasteiger partial charge is 0.256 e. The maximum absolute atomic E-state index is 12.8. The van der Waals surface area contributed by atoms with Crippen molar-refractivity contribution in [2.45, 2.75) is 26.3 Å². The number of pyridine rings is 1. The highest BCUT2D eigenvalue weighted by Crippen LogP contribution is 2.38. The minimum absolute atomic E-state index is 0.0981. The van der Waals surface area contributed by atoms with Gasteiger partial charge < -0.3 is 10.6 Å². The van der Waals surface area contributed by atoms with Gasteiger partial charge in [-0.25, -0.2) is 4.98 Å². The first-order valence-corrected chi connectivity index (χ1v) is 11.6. The molecular formula is C24H23N3OS2. The lowest BCUT2D eigenvalue weighted by Gasteiger charge is -2.20. The average Bonchev–Trinajstić information content (AvgIpc) is 3.43. The highest BCUT2D eigenvalue weighted by Gasteiger charge is 2.23. The van der Waals surface area contributed by atoms with E-state index in [2.05, 4.69) is 52.4 Å². The van der Waals surface area contributed by atoms with Crippen LogP contribution in [0, 0.1) is 6.92 Å². The lowest BCUT2D eigenvalue weighted by Crippen LogP contribution is -2.16. The molecule has 3 aromatic heterocycles. The van der Waals surface area contributed by atoms with Gasteiger partial charge in [0.15, 0.2) is 0 Å². The van der Waals surface area contributed by atoms with Gasteiger partial charge >= 0.3 is 0 Å². The predicted octanol–water partition coefficient (Wildman–Crippen LogP) is 6.53. The third-order valence-electron chi connectivity index (χ3n) is 4.82. The van der Waals surface area contributed by atoms with Crippen molar-refractivity contribution in [2.24, 2.45) is 0 Å². The second-order valence-corrected chi connectivity index (χ2v) is 8.94. The number of benzene rings is 1. The number of carbonyl (C=O) groups excluding carboxylic acids is 1. The first-order valence-electron chi connectivity index (χ1n) is 9.84. The molecule has 2 N–H and O–H groups in total. The molecule has 152 valence electrons. The number of nitrogens with one attached hydrogen (secondary N) is 2. The van der Waals surface area contributed by atoms with E-state index in [0.717, 1.165) is 33.9 Å². The maximum atomic E-state index is 12.8. The van der Waals surface area contributed by atoms with Crippen molar-refractivity contribution >= 4 is 39.4 Å². The molecule has 4 nitrogen and oxygen atoms in total. The number of carbonyl (C=O) groups is 1. The molecule has 0 saturated heterocycles. The van der Waals surface area contributed by atoms with Gasteiger partial charge in [0.1, 0.15) is 10.8 Å². The molecule has 0 fully saturated rings. The van der Waals surface area contributed by atoms with Crippen LogP contribution in [-0.4, -0.2) is 10.9 Å². The summed E-state index contributed by atoms with van der Waals surface area (Å²) in [6, 6.07) is 17.5. The van der Waals surface area contributed by atoms with Crippen LogP contribution in [0.5, 0.6) is 0 Å². The monoisotopic (exact) mass is 433 g/mol. The molecule has 1 atom stereocenters. The van der Waals surface area contributed by atoms with Gasteiger partial charge in [-0.15, -0.1) is 11.3 Å². The summed E-state index contributed by atoms with van der Waals surface area (Å²) in [5.74, 6) is 0.717. The van der Waals surface area contributed by atoms with Crippen molar-refractivity contribution in [3.63, 3.8) is 0 Å². The Kier molecular flexibility index (Phi) is 6.26. The van der Waals surface area contributed by atoms with Crippen LogP contribution < -0.4 is 10.6 Å². The molecule has 4 aromatic rings. The molecule has 0 aliphatic heterocycles. The Labute approximate surface area is 184 Å². The largest absolute Gasteiger partial charge is 0.359 e. The summed E-state index contributed by atoms with van der Waals surface area (Å²) in [5.41, 5.74) is 4.01. The summed E-state index contributed by atoms with van der Waals surface area (Å²) < 4.78 is 0. The van der Waals surface area contributed by atoms with Crippen LogP contribution in [0.3, 0.4) is 0 Å². The molecule has 0 unspecified atom stereocenters. The van der Waals surface area contributed by atoms with Crippen molar-refractivity contribution in [1.82, 2.24) is 4.98 Å². The Morgan fingerprint density at radius 1 is 1.13 bits per heavy atom. The third kappa shape index (κ3) is 4.61. The molecule has 4 rings (SSSR count). The van der Waals surface area contributed by atoms with Gasteiger partial charge in [0.2, 0.25) is 0 Å². The predicted molar refractivity (Wildman–Crippen MR) is 127 cm³/mol. The second-order valence-electron chi connectivity index (χ2n) is 7.02. The fourth-order valence-corrected chi connectivity index (χ4v) is 4.97. The molecule has 3 heterocycles. The number of amides is 1. The van der Waals surface area contributed by atoms with Crippen LogP contribution in [0.2, 0.25) is 0 Å². The van der Waals surface area contributed by atoms with Gasteiger partial charge in [-0.05, 0) is 71.6 Å². The van der Waals surface area contributed by atoms with E-state index in [1.807, 2.05) is 48.7 Å². The quantitative estimate of drug-likeness (QED) is 0.348. The lowest BCUT2D eigenvalue weighted by molar-refractivity contribution is 0.102. The van der Waals surface area contributed by atoms with Crippen molar-refractivity contribution in [3.8, 4) is 0 Å². The highest BCUT2D eigenvalue weighted by atomic mass is 32.1. The molecule has 0 aliphatic carbocycles. The molecule has 0 aliphatic rings. The molecule has 1 aromatic carbocycles. The highest BCUT2D eigenvalue weighted by molar-refractivity contribution is 7.16. The Bertz CT molecular complexity index is 1120. The van der Waals surface area contributed by atoms with Gasteiger partial charge in [0, 0.05) is 22.2 Å².